The van der Waals surface area contributed by atoms with Gasteiger partial charge in [0.2, 0.25) is 12.7 Å². The van der Waals surface area contributed by atoms with Crippen molar-refractivity contribution < 1.29 is 27.8 Å². The van der Waals surface area contributed by atoms with Gasteiger partial charge in [0.1, 0.15) is 18.2 Å². The van der Waals surface area contributed by atoms with E-state index in [2.05, 4.69) is 5.32 Å². The molecule has 0 aliphatic carbocycles. The smallest absolute Gasteiger partial charge is 0.255 e. The molecular weight excluding hydrogens is 406 g/mol. The van der Waals surface area contributed by atoms with Crippen LogP contribution >= 0.6 is 0 Å². The Morgan fingerprint density at radius 2 is 1.68 bits per heavy atom. The average Bonchev–Trinajstić information content (AvgIpc) is 3.18. The third-order valence-electron chi connectivity index (χ3n) is 5.27. The van der Waals surface area contributed by atoms with Crippen LogP contribution in [0.25, 0.3) is 0 Å². The van der Waals surface area contributed by atoms with E-state index in [0.29, 0.717) is 28.3 Å². The van der Waals surface area contributed by atoms with E-state index in [9.17, 15) is 18.4 Å². The monoisotopic (exact) mass is 422 g/mol. The van der Waals surface area contributed by atoms with Gasteiger partial charge in [0.25, 0.3) is 5.91 Å². The Morgan fingerprint density at radius 3 is 2.48 bits per heavy atom. The van der Waals surface area contributed by atoms with Gasteiger partial charge in [-0.3, -0.25) is 9.59 Å². The normalized spacial score (nSPS) is 17.0. The van der Waals surface area contributed by atoms with Gasteiger partial charge in [0, 0.05) is 16.8 Å². The molecule has 5 rings (SSSR count). The van der Waals surface area contributed by atoms with E-state index < -0.39 is 29.5 Å². The summed E-state index contributed by atoms with van der Waals surface area (Å²) >= 11 is 0. The molecule has 0 saturated carbocycles. The standard InChI is InChI=1S/C23H16F2N2O4/c24-15-4-1-13(2-5-15)22-17-10-16(25)6-7-18(17)26-21(28)11-27(22)23(29)14-3-8-19-20(9-14)31-12-30-19/h1-10,22H,11-12H2,(H,26,28). The number of carbonyl (C=O) groups excluding carboxylic acids is 2. The zero-order valence-electron chi connectivity index (χ0n) is 16.1. The number of hydrogen-bond acceptors (Lipinski definition) is 4. The van der Waals surface area contributed by atoms with Crippen LogP contribution in [0.3, 0.4) is 0 Å². The first-order valence-corrected chi connectivity index (χ1v) is 9.55. The summed E-state index contributed by atoms with van der Waals surface area (Å²) in [5.74, 6) is -0.897. The maximum Gasteiger partial charge on any atom is 0.255 e. The number of nitrogens with one attached hydrogen (secondary N) is 1. The maximum atomic E-state index is 14.2. The van der Waals surface area contributed by atoms with Crippen molar-refractivity contribution in [1.29, 1.82) is 0 Å². The highest BCUT2D eigenvalue weighted by molar-refractivity contribution is 6.01. The lowest BCUT2D eigenvalue weighted by Gasteiger charge is -2.30. The van der Waals surface area contributed by atoms with Gasteiger partial charge in [-0.25, -0.2) is 8.78 Å². The molecule has 2 amide bonds. The van der Waals surface area contributed by atoms with Crippen molar-refractivity contribution in [3.05, 3.63) is 89.0 Å². The Labute approximate surface area is 176 Å². The minimum atomic E-state index is -0.817. The van der Waals surface area contributed by atoms with Gasteiger partial charge >= 0.3 is 0 Å². The minimum Gasteiger partial charge on any atom is -0.454 e. The van der Waals surface area contributed by atoms with E-state index in [1.807, 2.05) is 0 Å². The Kier molecular flexibility index (Phi) is 4.54. The van der Waals surface area contributed by atoms with Crippen molar-refractivity contribution in [3.63, 3.8) is 0 Å². The number of hydrogen-bond donors (Lipinski definition) is 1. The molecular formula is C23H16F2N2O4. The van der Waals surface area contributed by atoms with Gasteiger partial charge in [-0.2, -0.15) is 0 Å². The summed E-state index contributed by atoms with van der Waals surface area (Å²) < 4.78 is 38.4. The van der Waals surface area contributed by atoms with Gasteiger partial charge in [-0.05, 0) is 54.1 Å². The molecule has 2 aliphatic heterocycles. The number of fused-ring (bicyclic) bond motifs is 2. The molecule has 8 heteroatoms. The topological polar surface area (TPSA) is 67.9 Å². The second-order valence-electron chi connectivity index (χ2n) is 7.23. The summed E-state index contributed by atoms with van der Waals surface area (Å²) in [5, 5.41) is 2.72. The lowest BCUT2D eigenvalue weighted by atomic mass is 9.95. The molecule has 31 heavy (non-hydrogen) atoms. The number of nitrogens with zero attached hydrogens (tertiary/aromatic N) is 1. The number of anilines is 1. The fourth-order valence-electron chi connectivity index (χ4n) is 3.87. The molecule has 2 aliphatic rings. The summed E-state index contributed by atoms with van der Waals surface area (Å²) in [6.07, 6.45) is 0. The number of halogens is 2. The van der Waals surface area contributed by atoms with Gasteiger partial charge in [0.15, 0.2) is 11.5 Å². The number of carbonyl (C=O) groups is 2. The molecule has 0 spiro atoms. The molecule has 2 heterocycles. The van der Waals surface area contributed by atoms with Crippen molar-refractivity contribution in [3.8, 4) is 11.5 Å². The predicted molar refractivity (Wildman–Crippen MR) is 107 cm³/mol. The second kappa shape index (κ2) is 7.39. The third kappa shape index (κ3) is 3.46. The second-order valence-corrected chi connectivity index (χ2v) is 7.23. The van der Waals surface area contributed by atoms with E-state index >= 15 is 0 Å². The molecule has 0 fully saturated rings. The molecule has 1 N–H and O–H groups in total. The molecule has 3 aromatic rings. The first kappa shape index (κ1) is 19.0. The van der Waals surface area contributed by atoms with Crippen LogP contribution in [-0.2, 0) is 4.79 Å². The maximum absolute atomic E-state index is 14.2. The zero-order chi connectivity index (χ0) is 21.5. The predicted octanol–water partition coefficient (Wildman–Crippen LogP) is 3.88. The molecule has 0 saturated heterocycles. The molecule has 1 atom stereocenters. The molecule has 0 bridgehead atoms. The molecule has 1 unspecified atom stereocenters. The quantitative estimate of drug-likeness (QED) is 0.681. The van der Waals surface area contributed by atoms with Gasteiger partial charge in [0.05, 0.1) is 6.04 Å². The highest BCUT2D eigenvalue weighted by atomic mass is 19.1. The fraction of sp³-hybridized carbons (Fsp3) is 0.130. The van der Waals surface area contributed by atoms with Crippen LogP contribution in [0.4, 0.5) is 14.5 Å². The first-order chi connectivity index (χ1) is 15.0. The third-order valence-corrected chi connectivity index (χ3v) is 5.27. The Bertz CT molecular complexity index is 1200. The van der Waals surface area contributed by atoms with E-state index in [0.717, 1.165) is 0 Å². The zero-order valence-corrected chi connectivity index (χ0v) is 16.1. The molecule has 156 valence electrons. The summed E-state index contributed by atoms with van der Waals surface area (Å²) in [6, 6.07) is 13.4. The Morgan fingerprint density at radius 1 is 0.935 bits per heavy atom. The first-order valence-electron chi connectivity index (χ1n) is 9.55. The summed E-state index contributed by atoms with van der Waals surface area (Å²) in [7, 11) is 0. The van der Waals surface area contributed by atoms with Crippen LogP contribution < -0.4 is 14.8 Å². The number of amides is 2. The Hall–Kier alpha value is -3.94. The van der Waals surface area contributed by atoms with Gasteiger partial charge in [-0.15, -0.1) is 0 Å². The average molecular weight is 422 g/mol. The van der Waals surface area contributed by atoms with Crippen molar-refractivity contribution in [2.24, 2.45) is 0 Å². The lowest BCUT2D eigenvalue weighted by molar-refractivity contribution is -0.117. The lowest BCUT2D eigenvalue weighted by Crippen LogP contribution is -2.39. The SMILES string of the molecule is O=C1CN(C(=O)c2ccc3c(c2)OCO3)C(c2ccc(F)cc2)c2cc(F)ccc2N1. The van der Waals surface area contributed by atoms with Crippen LogP contribution in [0.2, 0.25) is 0 Å². The van der Waals surface area contributed by atoms with Crippen LogP contribution in [-0.4, -0.2) is 30.1 Å². The van der Waals surface area contributed by atoms with Crippen molar-refractivity contribution in [1.82, 2.24) is 4.90 Å². The summed E-state index contributed by atoms with van der Waals surface area (Å²) in [6.45, 7) is -0.213. The van der Waals surface area contributed by atoms with E-state index in [4.69, 9.17) is 9.47 Å². The van der Waals surface area contributed by atoms with E-state index in [1.54, 1.807) is 18.2 Å². The van der Waals surface area contributed by atoms with Crippen molar-refractivity contribution >= 4 is 17.5 Å². The van der Waals surface area contributed by atoms with E-state index in [1.165, 1.54) is 47.4 Å². The van der Waals surface area contributed by atoms with Crippen LogP contribution in [0.15, 0.2) is 60.7 Å². The minimum absolute atomic E-state index is 0.0595. The number of rotatable bonds is 2. The van der Waals surface area contributed by atoms with E-state index in [-0.39, 0.29) is 18.9 Å². The highest BCUT2D eigenvalue weighted by Crippen LogP contribution is 2.38. The molecule has 0 aromatic heterocycles. The number of benzene rings is 3. The van der Waals surface area contributed by atoms with Gasteiger partial charge < -0.3 is 19.7 Å². The van der Waals surface area contributed by atoms with Crippen LogP contribution in [0.1, 0.15) is 27.5 Å². The molecule has 0 radical (unpaired) electrons. The highest BCUT2D eigenvalue weighted by Gasteiger charge is 2.34. The Balaban J connectivity index is 1.65. The number of ether oxygens (including phenoxy) is 2. The summed E-state index contributed by atoms with van der Waals surface area (Å²) in [5.41, 5.74) is 1.61. The van der Waals surface area contributed by atoms with Crippen molar-refractivity contribution in [2.75, 3.05) is 18.7 Å². The van der Waals surface area contributed by atoms with Gasteiger partial charge in [-0.1, -0.05) is 12.1 Å². The van der Waals surface area contributed by atoms with Crippen molar-refractivity contribution in [2.45, 2.75) is 6.04 Å². The van der Waals surface area contributed by atoms with Crippen LogP contribution in [0, 0.1) is 11.6 Å². The van der Waals surface area contributed by atoms with Crippen LogP contribution in [0.5, 0.6) is 11.5 Å². The summed E-state index contributed by atoms with van der Waals surface area (Å²) in [4.78, 5) is 27.5. The fourth-order valence-corrected chi connectivity index (χ4v) is 3.87. The molecule has 3 aromatic carbocycles. The molecule has 6 nitrogen and oxygen atoms in total. The largest absolute Gasteiger partial charge is 0.454 e.